The molecule has 0 saturated heterocycles. The molecule has 2 N–H and O–H groups in total. The fourth-order valence-corrected chi connectivity index (χ4v) is 4.26. The monoisotopic (exact) mass is 394 g/mol. The Bertz CT molecular complexity index is 895. The van der Waals surface area contributed by atoms with Gasteiger partial charge in [-0.25, -0.2) is 9.59 Å². The van der Waals surface area contributed by atoms with Gasteiger partial charge >= 0.3 is 12.1 Å². The summed E-state index contributed by atoms with van der Waals surface area (Å²) >= 11 is 7.22. The van der Waals surface area contributed by atoms with Crippen LogP contribution >= 0.6 is 22.9 Å². The van der Waals surface area contributed by atoms with E-state index in [0.717, 1.165) is 0 Å². The fraction of sp³-hybridized carbons (Fsp3) is 0.235. The molecule has 2 amide bonds. The van der Waals surface area contributed by atoms with E-state index in [-0.39, 0.29) is 24.2 Å². The number of hydrogen-bond acceptors (Lipinski definition) is 5. The van der Waals surface area contributed by atoms with Crippen molar-refractivity contribution in [3.63, 3.8) is 0 Å². The number of anilines is 1. The van der Waals surface area contributed by atoms with Crippen molar-refractivity contribution >= 4 is 45.9 Å². The molecule has 0 saturated carbocycles. The van der Waals surface area contributed by atoms with Crippen molar-refractivity contribution in [2.24, 2.45) is 0 Å². The first-order valence-corrected chi connectivity index (χ1v) is 8.88. The minimum atomic E-state index is -1.02. The Kier molecular flexibility index (Phi) is 5.15. The quantitative estimate of drug-likeness (QED) is 0.777. The standard InChI is InChI=1S/C17H15ClN2O5S/c1-25-16(22)13-10-6-7-20(17(23)24)8-12(10)26-15(13)19-14(21)9-4-2-3-5-11(9)18/h2-5H,6-8H2,1H3,(H,19,21)(H,23,24). The molecule has 0 bridgehead atoms. The Hall–Kier alpha value is -2.58. The predicted molar refractivity (Wildman–Crippen MR) is 97.2 cm³/mol. The Morgan fingerprint density at radius 3 is 2.69 bits per heavy atom. The van der Waals surface area contributed by atoms with Gasteiger partial charge in [0.2, 0.25) is 0 Å². The molecule has 7 nitrogen and oxygen atoms in total. The van der Waals surface area contributed by atoms with E-state index in [0.29, 0.717) is 26.9 Å². The van der Waals surface area contributed by atoms with Crippen LogP contribution in [-0.2, 0) is 17.7 Å². The fourth-order valence-electron chi connectivity index (χ4n) is 2.79. The number of ether oxygens (including phenoxy) is 1. The van der Waals surface area contributed by atoms with Crippen LogP contribution in [0.15, 0.2) is 24.3 Å². The summed E-state index contributed by atoms with van der Waals surface area (Å²) in [6.07, 6.45) is -0.643. The van der Waals surface area contributed by atoms with Crippen LogP contribution in [0.5, 0.6) is 0 Å². The van der Waals surface area contributed by atoms with Gasteiger partial charge in [-0.1, -0.05) is 23.7 Å². The van der Waals surface area contributed by atoms with Crippen LogP contribution < -0.4 is 5.32 Å². The average Bonchev–Trinajstić information content (AvgIpc) is 2.98. The Morgan fingerprint density at radius 2 is 2.04 bits per heavy atom. The zero-order chi connectivity index (χ0) is 18.8. The van der Waals surface area contributed by atoms with Gasteiger partial charge in [-0.15, -0.1) is 11.3 Å². The normalized spacial score (nSPS) is 13.1. The third-order valence-electron chi connectivity index (χ3n) is 4.06. The van der Waals surface area contributed by atoms with Crippen LogP contribution in [0.2, 0.25) is 5.02 Å². The summed E-state index contributed by atoms with van der Waals surface area (Å²) in [5.74, 6) is -1.02. The molecule has 0 atom stereocenters. The topological polar surface area (TPSA) is 95.9 Å². The highest BCUT2D eigenvalue weighted by molar-refractivity contribution is 7.17. The van der Waals surface area contributed by atoms with Crippen molar-refractivity contribution < 1.29 is 24.2 Å². The lowest BCUT2D eigenvalue weighted by atomic mass is 10.0. The number of benzene rings is 1. The van der Waals surface area contributed by atoms with E-state index >= 15 is 0 Å². The maximum atomic E-state index is 12.5. The highest BCUT2D eigenvalue weighted by Crippen LogP contribution is 2.38. The number of carbonyl (C=O) groups is 3. The number of esters is 1. The summed E-state index contributed by atoms with van der Waals surface area (Å²) in [5.41, 5.74) is 1.27. The van der Waals surface area contributed by atoms with E-state index in [4.69, 9.17) is 16.3 Å². The number of halogens is 1. The SMILES string of the molecule is COC(=O)c1c(NC(=O)c2ccccc2Cl)sc2c1CCN(C(=O)O)C2. The van der Waals surface area contributed by atoms with Gasteiger partial charge in [0.15, 0.2) is 0 Å². The van der Waals surface area contributed by atoms with Gasteiger partial charge in [0.25, 0.3) is 5.91 Å². The number of methoxy groups -OCH3 is 1. The van der Waals surface area contributed by atoms with Crippen molar-refractivity contribution in [2.45, 2.75) is 13.0 Å². The summed E-state index contributed by atoms with van der Waals surface area (Å²) in [4.78, 5) is 38.0. The second-order valence-corrected chi connectivity index (χ2v) is 7.10. The molecule has 26 heavy (non-hydrogen) atoms. The third kappa shape index (κ3) is 3.38. The van der Waals surface area contributed by atoms with E-state index in [2.05, 4.69) is 5.32 Å². The van der Waals surface area contributed by atoms with Crippen molar-refractivity contribution in [1.82, 2.24) is 4.90 Å². The molecule has 0 aliphatic carbocycles. The first kappa shape index (κ1) is 18.2. The maximum absolute atomic E-state index is 12.5. The number of nitrogens with one attached hydrogen (secondary N) is 1. The lowest BCUT2D eigenvalue weighted by Gasteiger charge is -2.24. The number of amides is 2. The van der Waals surface area contributed by atoms with Gasteiger partial charge in [-0.05, 0) is 24.1 Å². The number of thiophene rings is 1. The molecule has 2 aromatic rings. The van der Waals surface area contributed by atoms with Crippen LogP contribution in [0.3, 0.4) is 0 Å². The number of nitrogens with zero attached hydrogens (tertiary/aromatic N) is 1. The minimum Gasteiger partial charge on any atom is -0.465 e. The summed E-state index contributed by atoms with van der Waals surface area (Å²) in [5, 5.41) is 12.5. The number of carboxylic acid groups (broad SMARTS) is 1. The number of carbonyl (C=O) groups excluding carboxylic acids is 2. The molecule has 1 aliphatic heterocycles. The van der Waals surface area contributed by atoms with Crippen molar-refractivity contribution in [1.29, 1.82) is 0 Å². The van der Waals surface area contributed by atoms with E-state index in [1.807, 2.05) is 0 Å². The summed E-state index contributed by atoms with van der Waals surface area (Å²) in [7, 11) is 1.26. The summed E-state index contributed by atoms with van der Waals surface area (Å²) < 4.78 is 4.85. The highest BCUT2D eigenvalue weighted by atomic mass is 35.5. The van der Waals surface area contributed by atoms with Gasteiger partial charge in [0, 0.05) is 11.4 Å². The highest BCUT2D eigenvalue weighted by Gasteiger charge is 2.31. The van der Waals surface area contributed by atoms with E-state index < -0.39 is 18.0 Å². The zero-order valence-electron chi connectivity index (χ0n) is 13.7. The van der Waals surface area contributed by atoms with Crippen molar-refractivity contribution in [2.75, 3.05) is 19.0 Å². The van der Waals surface area contributed by atoms with Gasteiger partial charge in [-0.3, -0.25) is 4.79 Å². The molecule has 1 aliphatic rings. The van der Waals surface area contributed by atoms with Crippen LogP contribution in [0.1, 0.15) is 31.2 Å². The second kappa shape index (κ2) is 7.35. The second-order valence-electron chi connectivity index (χ2n) is 5.59. The molecular formula is C17H15ClN2O5S. The van der Waals surface area contributed by atoms with Crippen LogP contribution in [0, 0.1) is 0 Å². The molecule has 3 rings (SSSR count). The van der Waals surface area contributed by atoms with Crippen molar-refractivity contribution in [3.8, 4) is 0 Å². The summed E-state index contributed by atoms with van der Waals surface area (Å²) in [6, 6.07) is 6.58. The van der Waals surface area contributed by atoms with Gasteiger partial charge in [-0.2, -0.15) is 0 Å². The number of hydrogen-bond donors (Lipinski definition) is 2. The Morgan fingerprint density at radius 1 is 1.31 bits per heavy atom. The lowest BCUT2D eigenvalue weighted by Crippen LogP contribution is -2.34. The predicted octanol–water partition coefficient (Wildman–Crippen LogP) is 3.48. The first-order chi connectivity index (χ1) is 12.4. The smallest absolute Gasteiger partial charge is 0.407 e. The van der Waals surface area contributed by atoms with Gasteiger partial charge < -0.3 is 20.1 Å². The molecule has 0 radical (unpaired) electrons. The molecule has 9 heteroatoms. The minimum absolute atomic E-state index is 0.168. The van der Waals surface area contributed by atoms with Crippen LogP contribution in [0.4, 0.5) is 9.80 Å². The summed E-state index contributed by atoms with van der Waals surface area (Å²) in [6.45, 7) is 0.447. The molecule has 0 fully saturated rings. The van der Waals surface area contributed by atoms with Gasteiger partial charge in [0.05, 0.1) is 29.8 Å². The lowest BCUT2D eigenvalue weighted by molar-refractivity contribution is 0.0600. The largest absolute Gasteiger partial charge is 0.465 e. The van der Waals surface area contributed by atoms with Gasteiger partial charge in [0.1, 0.15) is 5.00 Å². The molecule has 1 aromatic heterocycles. The first-order valence-electron chi connectivity index (χ1n) is 7.69. The van der Waals surface area contributed by atoms with Crippen molar-refractivity contribution in [3.05, 3.63) is 50.9 Å². The molecular weight excluding hydrogens is 380 g/mol. The van der Waals surface area contributed by atoms with E-state index in [1.54, 1.807) is 24.3 Å². The zero-order valence-corrected chi connectivity index (χ0v) is 15.3. The molecule has 2 heterocycles. The molecule has 0 spiro atoms. The van der Waals surface area contributed by atoms with E-state index in [9.17, 15) is 19.5 Å². The number of rotatable bonds is 3. The maximum Gasteiger partial charge on any atom is 0.407 e. The number of fused-ring (bicyclic) bond motifs is 1. The third-order valence-corrected chi connectivity index (χ3v) is 5.52. The molecule has 136 valence electrons. The van der Waals surface area contributed by atoms with Crippen LogP contribution in [-0.4, -0.2) is 41.6 Å². The molecule has 0 unspecified atom stereocenters. The average molecular weight is 395 g/mol. The molecule has 1 aromatic carbocycles. The van der Waals surface area contributed by atoms with Crippen LogP contribution in [0.25, 0.3) is 0 Å². The Balaban J connectivity index is 1.97. The Labute approximate surface area is 158 Å². The van der Waals surface area contributed by atoms with E-state index in [1.165, 1.54) is 23.3 Å².